The fraction of sp³-hybridized carbons (Fsp3) is 0.462. The minimum atomic E-state index is -3.59. The minimum absolute atomic E-state index is 0.0376. The van der Waals surface area contributed by atoms with E-state index in [-0.39, 0.29) is 19.8 Å². The highest BCUT2D eigenvalue weighted by Gasteiger charge is 2.29. The van der Waals surface area contributed by atoms with Crippen LogP contribution in [-0.4, -0.2) is 32.0 Å². The van der Waals surface area contributed by atoms with E-state index in [4.69, 9.17) is 15.5 Å². The second-order valence-electron chi connectivity index (χ2n) is 4.09. The fourth-order valence-corrected chi connectivity index (χ4v) is 2.37. The first-order valence-electron chi connectivity index (χ1n) is 5.55. The minimum Gasteiger partial charge on any atom is -0.452 e. The van der Waals surface area contributed by atoms with E-state index in [9.17, 15) is 9.36 Å². The van der Waals surface area contributed by atoms with Crippen LogP contribution >= 0.6 is 7.60 Å². The zero-order valence-corrected chi connectivity index (χ0v) is 12.2. The molecule has 0 radical (unpaired) electrons. The zero-order valence-electron chi connectivity index (χ0n) is 11.3. The van der Waals surface area contributed by atoms with Gasteiger partial charge >= 0.3 is 13.6 Å². The topological polar surface area (TPSA) is 61.8 Å². The molecule has 0 aromatic carbocycles. The van der Waals surface area contributed by atoms with E-state index in [0.717, 1.165) is 0 Å². The average molecular weight is 286 g/mol. The molecule has 0 amide bonds. The van der Waals surface area contributed by atoms with Crippen LogP contribution in [0.2, 0.25) is 0 Å². The molecule has 0 bridgehead atoms. The maximum Gasteiger partial charge on any atom is 0.342 e. The number of ether oxygens (including phenoxy) is 1. The van der Waals surface area contributed by atoms with E-state index in [0.29, 0.717) is 11.1 Å². The van der Waals surface area contributed by atoms with Crippen LogP contribution in [0.1, 0.15) is 13.8 Å². The van der Waals surface area contributed by atoms with Gasteiger partial charge in [0.2, 0.25) is 0 Å². The number of carbonyl (C=O) groups is 1. The number of terminal acetylenes is 1. The van der Waals surface area contributed by atoms with Crippen LogP contribution in [0.5, 0.6) is 0 Å². The first-order chi connectivity index (χ1) is 8.79. The van der Waals surface area contributed by atoms with Crippen molar-refractivity contribution >= 4 is 13.6 Å². The highest BCUT2D eigenvalue weighted by molar-refractivity contribution is 7.54. The van der Waals surface area contributed by atoms with Crippen molar-refractivity contribution in [2.24, 2.45) is 0 Å². The first kappa shape index (κ1) is 17.7. The summed E-state index contributed by atoms with van der Waals surface area (Å²) in [7, 11) is -3.59. The Morgan fingerprint density at radius 1 is 1.21 bits per heavy atom. The Labute approximate surface area is 114 Å². The molecule has 0 unspecified atom stereocenters. The lowest BCUT2D eigenvalue weighted by molar-refractivity contribution is -0.139. The van der Waals surface area contributed by atoms with Gasteiger partial charge in [-0.15, -0.1) is 6.42 Å². The molecule has 0 fully saturated rings. The van der Waals surface area contributed by atoms with Crippen LogP contribution < -0.4 is 0 Å². The van der Waals surface area contributed by atoms with Crippen LogP contribution in [0.15, 0.2) is 24.3 Å². The quantitative estimate of drug-likeness (QED) is 0.282. The smallest absolute Gasteiger partial charge is 0.342 e. The Hall–Kier alpha value is -1.34. The third-order valence-corrected chi connectivity index (χ3v) is 3.35. The maximum atomic E-state index is 12.3. The Kier molecular flexibility index (Phi) is 8.09. The van der Waals surface area contributed by atoms with Crippen molar-refractivity contribution in [3.8, 4) is 12.3 Å². The summed E-state index contributed by atoms with van der Waals surface area (Å²) in [4.78, 5) is 11.4. The molecule has 0 aliphatic carbocycles. The van der Waals surface area contributed by atoms with Crippen molar-refractivity contribution in [1.29, 1.82) is 0 Å². The summed E-state index contributed by atoms with van der Waals surface area (Å²) in [6.07, 6.45) is 4.46. The monoisotopic (exact) mass is 286 g/mol. The van der Waals surface area contributed by atoms with E-state index in [1.165, 1.54) is 0 Å². The summed E-state index contributed by atoms with van der Waals surface area (Å²) >= 11 is 0. The molecular formula is C13H19O5P. The van der Waals surface area contributed by atoms with Gasteiger partial charge in [0.1, 0.15) is 6.16 Å². The van der Waals surface area contributed by atoms with Crippen molar-refractivity contribution in [1.82, 2.24) is 0 Å². The molecule has 0 rings (SSSR count). The van der Waals surface area contributed by atoms with Crippen LogP contribution in [0.3, 0.4) is 0 Å². The third-order valence-electron chi connectivity index (χ3n) is 1.65. The van der Waals surface area contributed by atoms with E-state index < -0.39 is 19.7 Å². The first-order valence-corrected chi connectivity index (χ1v) is 7.28. The van der Waals surface area contributed by atoms with Crippen LogP contribution in [-0.2, 0) is 23.1 Å². The Morgan fingerprint density at radius 3 is 2.05 bits per heavy atom. The molecule has 0 heterocycles. The fourth-order valence-electron chi connectivity index (χ4n) is 0.872. The summed E-state index contributed by atoms with van der Waals surface area (Å²) in [6.45, 7) is 10.6. The Balaban J connectivity index is 4.60. The van der Waals surface area contributed by atoms with Gasteiger partial charge in [-0.25, -0.2) is 0 Å². The van der Waals surface area contributed by atoms with Gasteiger partial charge in [-0.1, -0.05) is 30.2 Å². The van der Waals surface area contributed by atoms with Crippen LogP contribution in [0, 0.1) is 12.3 Å². The Morgan fingerprint density at radius 2 is 1.68 bits per heavy atom. The summed E-state index contributed by atoms with van der Waals surface area (Å²) < 4.78 is 27.2. The second-order valence-corrected chi connectivity index (χ2v) is 6.15. The molecular weight excluding hydrogens is 267 g/mol. The van der Waals surface area contributed by atoms with Crippen molar-refractivity contribution in [3.63, 3.8) is 0 Å². The zero-order chi connectivity index (χ0) is 14.9. The Bertz CT molecular complexity index is 411. The highest BCUT2D eigenvalue weighted by atomic mass is 31.2. The van der Waals surface area contributed by atoms with Crippen molar-refractivity contribution in [2.45, 2.75) is 13.8 Å². The lowest BCUT2D eigenvalue weighted by Crippen LogP contribution is -2.14. The van der Waals surface area contributed by atoms with Gasteiger partial charge in [0, 0.05) is 0 Å². The van der Waals surface area contributed by atoms with Crippen LogP contribution in [0.25, 0.3) is 0 Å². The van der Waals surface area contributed by atoms with E-state index >= 15 is 0 Å². The van der Waals surface area contributed by atoms with Crippen molar-refractivity contribution in [3.05, 3.63) is 24.3 Å². The summed E-state index contributed by atoms with van der Waals surface area (Å²) in [5.41, 5.74) is 1.33. The molecule has 0 aromatic heterocycles. The van der Waals surface area contributed by atoms with Gasteiger partial charge in [-0.3, -0.25) is 9.36 Å². The molecule has 5 nitrogen and oxygen atoms in total. The number of hydrogen-bond donors (Lipinski definition) is 0. The van der Waals surface area contributed by atoms with Gasteiger partial charge in [-0.2, -0.15) is 0 Å². The van der Waals surface area contributed by atoms with Crippen molar-refractivity contribution in [2.75, 3.05) is 26.0 Å². The van der Waals surface area contributed by atoms with Gasteiger partial charge < -0.3 is 13.8 Å². The van der Waals surface area contributed by atoms with Gasteiger partial charge in [0.15, 0.2) is 6.61 Å². The predicted molar refractivity (Wildman–Crippen MR) is 73.8 cm³/mol. The third kappa shape index (κ3) is 9.26. The molecule has 6 heteroatoms. The summed E-state index contributed by atoms with van der Waals surface area (Å²) in [5, 5.41) is 0. The standard InChI is InChI=1S/C13H19O5P/c1-6-7-16-13(14)10-19(15,17-8-11(2)3)18-9-12(4)5/h1H,2,4,7-10H2,3,5H3. The van der Waals surface area contributed by atoms with E-state index in [1.807, 2.05) is 0 Å². The molecule has 0 aliphatic heterocycles. The molecule has 0 saturated heterocycles. The number of carbonyl (C=O) groups excluding carboxylic acids is 1. The van der Waals surface area contributed by atoms with Crippen molar-refractivity contribution < 1.29 is 23.1 Å². The van der Waals surface area contributed by atoms with Gasteiger partial charge in [-0.05, 0) is 13.8 Å². The molecule has 19 heavy (non-hydrogen) atoms. The number of hydrogen-bond acceptors (Lipinski definition) is 5. The summed E-state index contributed by atoms with van der Waals surface area (Å²) in [6, 6.07) is 0. The molecule has 0 saturated carbocycles. The maximum absolute atomic E-state index is 12.3. The number of esters is 1. The molecule has 106 valence electrons. The van der Waals surface area contributed by atoms with Gasteiger partial charge in [0.25, 0.3) is 0 Å². The lowest BCUT2D eigenvalue weighted by atomic mass is 10.4. The SMILES string of the molecule is C#CCOC(=O)CP(=O)(OCC(=C)C)OCC(=C)C. The van der Waals surface area contributed by atoms with E-state index in [2.05, 4.69) is 23.8 Å². The molecule has 0 N–H and O–H groups in total. The number of rotatable bonds is 9. The van der Waals surface area contributed by atoms with E-state index in [1.54, 1.807) is 13.8 Å². The lowest BCUT2D eigenvalue weighted by Gasteiger charge is -2.17. The largest absolute Gasteiger partial charge is 0.452 e. The molecule has 0 aromatic rings. The molecule has 0 aliphatic rings. The second kappa shape index (κ2) is 8.71. The summed E-state index contributed by atoms with van der Waals surface area (Å²) in [5.74, 6) is 1.41. The van der Waals surface area contributed by atoms with Gasteiger partial charge in [0.05, 0.1) is 13.2 Å². The average Bonchev–Trinajstić information content (AvgIpc) is 2.32. The molecule has 0 atom stereocenters. The highest BCUT2D eigenvalue weighted by Crippen LogP contribution is 2.48. The predicted octanol–water partition coefficient (Wildman–Crippen LogP) is 2.54. The van der Waals surface area contributed by atoms with Crippen LogP contribution in [0.4, 0.5) is 0 Å². The molecule has 0 spiro atoms. The normalized spacial score (nSPS) is 10.6.